The molecule has 1 amide bonds. The van der Waals surface area contributed by atoms with Gasteiger partial charge in [-0.05, 0) is 38.7 Å². The summed E-state index contributed by atoms with van der Waals surface area (Å²) in [6.45, 7) is 3.43. The van der Waals surface area contributed by atoms with E-state index in [0.29, 0.717) is 21.3 Å². The topological polar surface area (TPSA) is 84.3 Å². The Bertz CT molecular complexity index is 997. The standard InChI is InChI=1S/C20H28N4O3S2/c1-14-18(20(25)24-10-6-7-11-24)28-19(21-14)17-12-16(13-23(17)2)29(26,27)22-15-8-4-3-5-9-15/h12-13,15,22H,3-11H2,1-2H3. The lowest BCUT2D eigenvalue weighted by atomic mass is 9.96. The van der Waals surface area contributed by atoms with E-state index in [9.17, 15) is 13.2 Å². The number of aromatic nitrogens is 2. The molecule has 1 aliphatic heterocycles. The summed E-state index contributed by atoms with van der Waals surface area (Å²) >= 11 is 1.34. The highest BCUT2D eigenvalue weighted by Gasteiger charge is 2.27. The van der Waals surface area contributed by atoms with Crippen LogP contribution >= 0.6 is 11.3 Å². The number of hydrogen-bond donors (Lipinski definition) is 1. The Morgan fingerprint density at radius 1 is 1.17 bits per heavy atom. The largest absolute Gasteiger partial charge is 0.347 e. The third-order valence-corrected chi connectivity index (χ3v) is 8.48. The molecule has 0 atom stereocenters. The smallest absolute Gasteiger partial charge is 0.265 e. The minimum absolute atomic E-state index is 0.0178. The van der Waals surface area contributed by atoms with E-state index in [1.54, 1.807) is 16.8 Å². The Kier molecular flexibility index (Phi) is 5.81. The normalized spacial score (nSPS) is 18.5. The zero-order valence-corrected chi connectivity index (χ0v) is 18.6. The fourth-order valence-electron chi connectivity index (χ4n) is 4.17. The van der Waals surface area contributed by atoms with Crippen molar-refractivity contribution in [1.29, 1.82) is 0 Å². The lowest BCUT2D eigenvalue weighted by Gasteiger charge is -2.22. The fourth-order valence-corrected chi connectivity index (χ4v) is 6.64. The van der Waals surface area contributed by atoms with E-state index in [0.717, 1.165) is 51.6 Å². The third kappa shape index (κ3) is 4.27. The Morgan fingerprint density at radius 3 is 2.55 bits per heavy atom. The van der Waals surface area contributed by atoms with Crippen molar-refractivity contribution in [1.82, 2.24) is 19.2 Å². The molecule has 158 valence electrons. The van der Waals surface area contributed by atoms with Crippen molar-refractivity contribution >= 4 is 27.3 Å². The van der Waals surface area contributed by atoms with Crippen molar-refractivity contribution in [3.63, 3.8) is 0 Å². The highest BCUT2D eigenvalue weighted by atomic mass is 32.2. The van der Waals surface area contributed by atoms with Crippen molar-refractivity contribution in [3.8, 4) is 10.7 Å². The van der Waals surface area contributed by atoms with Crippen molar-refractivity contribution in [2.24, 2.45) is 7.05 Å². The van der Waals surface area contributed by atoms with Crippen LogP contribution in [-0.2, 0) is 17.1 Å². The number of thiazole rings is 1. The molecule has 3 heterocycles. The lowest BCUT2D eigenvalue weighted by Crippen LogP contribution is -2.35. The van der Waals surface area contributed by atoms with Crippen LogP contribution in [0.4, 0.5) is 0 Å². The van der Waals surface area contributed by atoms with Gasteiger partial charge in [0.2, 0.25) is 10.0 Å². The van der Waals surface area contributed by atoms with Gasteiger partial charge in [0.05, 0.1) is 11.4 Å². The van der Waals surface area contributed by atoms with Crippen LogP contribution in [0.15, 0.2) is 17.2 Å². The van der Waals surface area contributed by atoms with Gasteiger partial charge in [0, 0.05) is 32.4 Å². The maximum atomic E-state index is 12.8. The molecule has 0 bridgehead atoms. The van der Waals surface area contributed by atoms with Crippen molar-refractivity contribution in [3.05, 3.63) is 22.8 Å². The molecule has 1 aliphatic carbocycles. The number of hydrogen-bond acceptors (Lipinski definition) is 5. The first kappa shape index (κ1) is 20.6. The van der Waals surface area contributed by atoms with Crippen LogP contribution in [0.3, 0.4) is 0 Å². The number of carbonyl (C=O) groups is 1. The van der Waals surface area contributed by atoms with Crippen molar-refractivity contribution in [2.75, 3.05) is 13.1 Å². The van der Waals surface area contributed by atoms with Gasteiger partial charge >= 0.3 is 0 Å². The predicted octanol–water partition coefficient (Wildman–Crippen LogP) is 3.30. The molecular weight excluding hydrogens is 408 g/mol. The molecule has 1 saturated heterocycles. The molecular formula is C20H28N4O3S2. The van der Waals surface area contributed by atoms with Crippen LogP contribution in [0.1, 0.15) is 60.3 Å². The number of sulfonamides is 1. The van der Waals surface area contributed by atoms with E-state index in [1.807, 2.05) is 18.9 Å². The molecule has 2 aromatic rings. The van der Waals surface area contributed by atoms with Gasteiger partial charge in [-0.3, -0.25) is 4.79 Å². The van der Waals surface area contributed by atoms with Gasteiger partial charge in [0.15, 0.2) is 0 Å². The summed E-state index contributed by atoms with van der Waals surface area (Å²) in [7, 11) is -1.76. The Morgan fingerprint density at radius 2 is 1.86 bits per heavy atom. The number of rotatable bonds is 5. The molecule has 0 radical (unpaired) electrons. The number of nitrogens with one attached hydrogen (secondary N) is 1. The van der Waals surface area contributed by atoms with Gasteiger partial charge in [-0.25, -0.2) is 18.1 Å². The van der Waals surface area contributed by atoms with E-state index < -0.39 is 10.0 Å². The van der Waals surface area contributed by atoms with E-state index in [-0.39, 0.29) is 16.8 Å². The van der Waals surface area contributed by atoms with Crippen molar-refractivity contribution in [2.45, 2.75) is 62.8 Å². The third-order valence-electron chi connectivity index (χ3n) is 5.82. The molecule has 2 fully saturated rings. The lowest BCUT2D eigenvalue weighted by molar-refractivity contribution is 0.0796. The average molecular weight is 437 g/mol. The van der Waals surface area contributed by atoms with E-state index in [4.69, 9.17) is 0 Å². The first-order valence-electron chi connectivity index (χ1n) is 10.3. The molecule has 0 spiro atoms. The summed E-state index contributed by atoms with van der Waals surface area (Å²) in [6.07, 6.45) is 8.82. The van der Waals surface area contributed by atoms with Gasteiger partial charge in [0.25, 0.3) is 5.91 Å². The van der Waals surface area contributed by atoms with E-state index in [2.05, 4.69) is 9.71 Å². The first-order chi connectivity index (χ1) is 13.8. The van der Waals surface area contributed by atoms with Gasteiger partial charge in [-0.15, -0.1) is 11.3 Å². The summed E-state index contributed by atoms with van der Waals surface area (Å²) < 4.78 is 30.3. The van der Waals surface area contributed by atoms with E-state index in [1.165, 1.54) is 17.8 Å². The molecule has 1 N–H and O–H groups in total. The van der Waals surface area contributed by atoms with Crippen LogP contribution in [0.25, 0.3) is 10.7 Å². The second-order valence-electron chi connectivity index (χ2n) is 8.06. The van der Waals surface area contributed by atoms with E-state index >= 15 is 0 Å². The fraction of sp³-hybridized carbons (Fsp3) is 0.600. The van der Waals surface area contributed by atoms with Crippen LogP contribution in [0.2, 0.25) is 0 Å². The Balaban J connectivity index is 1.58. The monoisotopic (exact) mass is 436 g/mol. The SMILES string of the molecule is Cc1nc(-c2cc(S(=O)(=O)NC3CCCCC3)cn2C)sc1C(=O)N1CCCC1. The number of nitrogens with zero attached hydrogens (tertiary/aromatic N) is 3. The number of carbonyl (C=O) groups excluding carboxylic acids is 1. The number of amides is 1. The molecule has 0 aromatic carbocycles. The highest BCUT2D eigenvalue weighted by Crippen LogP contribution is 2.32. The summed E-state index contributed by atoms with van der Waals surface area (Å²) in [5, 5.41) is 0.673. The zero-order chi connectivity index (χ0) is 20.6. The Hall–Kier alpha value is -1.71. The highest BCUT2D eigenvalue weighted by molar-refractivity contribution is 7.89. The summed E-state index contributed by atoms with van der Waals surface area (Å²) in [6, 6.07) is 1.68. The predicted molar refractivity (Wildman–Crippen MR) is 114 cm³/mol. The first-order valence-corrected chi connectivity index (χ1v) is 12.6. The van der Waals surface area contributed by atoms with Crippen LogP contribution in [-0.4, -0.2) is 47.9 Å². The molecule has 4 rings (SSSR count). The second kappa shape index (κ2) is 8.20. The van der Waals surface area contributed by atoms with Gasteiger partial charge in [0.1, 0.15) is 14.8 Å². The van der Waals surface area contributed by atoms with Crippen LogP contribution in [0.5, 0.6) is 0 Å². The summed E-state index contributed by atoms with van der Waals surface area (Å²) in [5.41, 5.74) is 1.41. The molecule has 7 nitrogen and oxygen atoms in total. The number of aryl methyl sites for hydroxylation is 2. The maximum absolute atomic E-state index is 12.8. The molecule has 2 aliphatic rings. The second-order valence-corrected chi connectivity index (χ2v) is 10.8. The molecule has 0 unspecified atom stereocenters. The number of likely N-dealkylation sites (tertiary alicyclic amines) is 1. The quantitative estimate of drug-likeness (QED) is 0.779. The van der Waals surface area contributed by atoms with Crippen molar-refractivity contribution < 1.29 is 13.2 Å². The van der Waals surface area contributed by atoms with Crippen LogP contribution < -0.4 is 4.72 Å². The van der Waals surface area contributed by atoms with Crippen LogP contribution in [0, 0.1) is 6.92 Å². The minimum atomic E-state index is -3.57. The average Bonchev–Trinajstić information content (AvgIpc) is 3.41. The van der Waals surface area contributed by atoms with Gasteiger partial charge in [-0.1, -0.05) is 19.3 Å². The summed E-state index contributed by atoms with van der Waals surface area (Å²) in [4.78, 5) is 20.1. The molecule has 29 heavy (non-hydrogen) atoms. The molecule has 2 aromatic heterocycles. The summed E-state index contributed by atoms with van der Waals surface area (Å²) in [5.74, 6) is 0.0322. The maximum Gasteiger partial charge on any atom is 0.265 e. The molecule has 9 heteroatoms. The minimum Gasteiger partial charge on any atom is -0.347 e. The Labute approximate surface area is 176 Å². The van der Waals surface area contributed by atoms with Gasteiger partial charge in [-0.2, -0.15) is 0 Å². The zero-order valence-electron chi connectivity index (χ0n) is 17.0. The van der Waals surface area contributed by atoms with Gasteiger partial charge < -0.3 is 9.47 Å². The molecule has 1 saturated carbocycles.